The first kappa shape index (κ1) is 17.1. The van der Waals surface area contributed by atoms with Crippen LogP contribution >= 0.6 is 11.8 Å². The third-order valence-corrected chi connectivity index (χ3v) is 4.36. The molecule has 8 heteroatoms. The van der Waals surface area contributed by atoms with Crippen LogP contribution in [0.4, 0.5) is 4.79 Å². The average molecular weight is 338 g/mol. The Balaban J connectivity index is 1.79. The fourth-order valence-electron chi connectivity index (χ4n) is 2.20. The van der Waals surface area contributed by atoms with Gasteiger partial charge in [0.2, 0.25) is 11.8 Å². The van der Waals surface area contributed by atoms with Crippen molar-refractivity contribution in [2.45, 2.75) is 13.3 Å². The highest BCUT2D eigenvalue weighted by Gasteiger charge is 2.29. The summed E-state index contributed by atoms with van der Waals surface area (Å²) in [6, 6.07) is 4.42. The lowest BCUT2D eigenvalue weighted by molar-refractivity contribution is -0.126. The van der Waals surface area contributed by atoms with Crippen LogP contribution in [0, 0.1) is 5.92 Å². The second-order valence-corrected chi connectivity index (χ2v) is 6.25. The van der Waals surface area contributed by atoms with Crippen LogP contribution in [0.2, 0.25) is 0 Å². The summed E-state index contributed by atoms with van der Waals surface area (Å²) in [5, 5.41) is 21.1. The molecule has 0 bridgehead atoms. The fraction of sp³-hybridized carbons (Fsp3) is 0.400. The van der Waals surface area contributed by atoms with E-state index in [0.717, 1.165) is 22.2 Å². The number of amides is 3. The van der Waals surface area contributed by atoms with E-state index in [1.165, 1.54) is 12.1 Å². The molecule has 3 amide bonds. The maximum atomic E-state index is 12.0. The molecule has 0 aromatic heterocycles. The van der Waals surface area contributed by atoms with E-state index >= 15 is 0 Å². The van der Waals surface area contributed by atoms with Gasteiger partial charge in [0, 0.05) is 19.0 Å². The van der Waals surface area contributed by atoms with Crippen molar-refractivity contribution in [1.82, 2.24) is 10.2 Å². The zero-order valence-electron chi connectivity index (χ0n) is 12.6. The van der Waals surface area contributed by atoms with Crippen LogP contribution in [0.5, 0.6) is 11.5 Å². The van der Waals surface area contributed by atoms with E-state index in [0.29, 0.717) is 6.42 Å². The zero-order chi connectivity index (χ0) is 17.0. The maximum absolute atomic E-state index is 12.0. The quantitative estimate of drug-likeness (QED) is 0.670. The number of carbonyl (C=O) groups is 3. The maximum Gasteiger partial charge on any atom is 0.288 e. The van der Waals surface area contributed by atoms with Crippen molar-refractivity contribution in [3.05, 3.63) is 23.8 Å². The molecule has 23 heavy (non-hydrogen) atoms. The Morgan fingerprint density at radius 1 is 1.35 bits per heavy atom. The number of thioether (sulfide) groups is 1. The molecule has 1 unspecified atom stereocenters. The van der Waals surface area contributed by atoms with E-state index in [1.54, 1.807) is 13.0 Å². The number of carbonyl (C=O) groups excluding carboxylic acids is 3. The lowest BCUT2D eigenvalue weighted by Gasteiger charge is -2.15. The Hall–Kier alpha value is -2.22. The molecule has 2 rings (SSSR count). The van der Waals surface area contributed by atoms with Crippen LogP contribution in [0.1, 0.15) is 12.5 Å². The number of hydrogen-bond acceptors (Lipinski definition) is 6. The molecule has 1 atom stereocenters. The molecular formula is C15H18N2O5S. The van der Waals surface area contributed by atoms with E-state index in [2.05, 4.69) is 5.32 Å². The monoisotopic (exact) mass is 338 g/mol. The van der Waals surface area contributed by atoms with Gasteiger partial charge < -0.3 is 15.5 Å². The zero-order valence-corrected chi connectivity index (χ0v) is 13.4. The smallest absolute Gasteiger partial charge is 0.288 e. The number of hydrogen-bond donors (Lipinski definition) is 3. The number of imide groups is 1. The minimum atomic E-state index is -0.349. The Kier molecular flexibility index (Phi) is 5.49. The van der Waals surface area contributed by atoms with Crippen molar-refractivity contribution < 1.29 is 24.6 Å². The molecule has 1 aromatic carbocycles. The van der Waals surface area contributed by atoms with Gasteiger partial charge in [-0.05, 0) is 24.1 Å². The summed E-state index contributed by atoms with van der Waals surface area (Å²) in [4.78, 5) is 36.0. The highest BCUT2D eigenvalue weighted by atomic mass is 32.2. The van der Waals surface area contributed by atoms with Gasteiger partial charge in [0.25, 0.3) is 5.24 Å². The van der Waals surface area contributed by atoms with E-state index in [4.69, 9.17) is 0 Å². The third kappa shape index (κ3) is 4.38. The largest absolute Gasteiger partial charge is 0.504 e. The van der Waals surface area contributed by atoms with Gasteiger partial charge in [0.05, 0.1) is 5.75 Å². The SMILES string of the molecule is CC(Cc1ccc(O)c(O)c1)C(=O)NCCN1C(=O)CSC1=O. The van der Waals surface area contributed by atoms with Gasteiger partial charge in [0.15, 0.2) is 11.5 Å². The normalized spacial score (nSPS) is 15.8. The van der Waals surface area contributed by atoms with Crippen molar-refractivity contribution >= 4 is 28.8 Å². The summed E-state index contributed by atoms with van der Waals surface area (Å²) in [6.07, 6.45) is 0.400. The van der Waals surface area contributed by atoms with Crippen LogP contribution in [0.3, 0.4) is 0 Å². The Morgan fingerprint density at radius 3 is 2.70 bits per heavy atom. The number of nitrogens with one attached hydrogen (secondary N) is 1. The predicted molar refractivity (Wildman–Crippen MR) is 85.2 cm³/mol. The van der Waals surface area contributed by atoms with Crippen molar-refractivity contribution in [3.8, 4) is 11.5 Å². The molecule has 1 fully saturated rings. The van der Waals surface area contributed by atoms with Gasteiger partial charge >= 0.3 is 0 Å². The van der Waals surface area contributed by atoms with Gasteiger partial charge in [-0.25, -0.2) is 0 Å². The second kappa shape index (κ2) is 7.36. The summed E-state index contributed by atoms with van der Waals surface area (Å²) in [7, 11) is 0. The number of aromatic hydroxyl groups is 2. The standard InChI is InChI=1S/C15H18N2O5S/c1-9(6-10-2-3-11(18)12(19)7-10)14(21)16-4-5-17-13(20)8-23-15(17)22/h2-3,7,9,18-19H,4-6,8H2,1H3,(H,16,21). The summed E-state index contributed by atoms with van der Waals surface area (Å²) < 4.78 is 0. The summed E-state index contributed by atoms with van der Waals surface area (Å²) in [5.74, 6) is -1.06. The number of benzene rings is 1. The minimum Gasteiger partial charge on any atom is -0.504 e. The van der Waals surface area contributed by atoms with Crippen LogP contribution in [0.25, 0.3) is 0 Å². The average Bonchev–Trinajstić information content (AvgIpc) is 2.82. The van der Waals surface area contributed by atoms with Gasteiger partial charge in [-0.1, -0.05) is 24.8 Å². The van der Waals surface area contributed by atoms with Crippen molar-refractivity contribution in [2.75, 3.05) is 18.8 Å². The van der Waals surface area contributed by atoms with Gasteiger partial charge in [-0.3, -0.25) is 19.3 Å². The van der Waals surface area contributed by atoms with Gasteiger partial charge in [-0.15, -0.1) is 0 Å². The Labute approximate surface area is 137 Å². The lowest BCUT2D eigenvalue weighted by Crippen LogP contribution is -2.39. The first-order chi connectivity index (χ1) is 10.9. The van der Waals surface area contributed by atoms with Crippen LogP contribution in [-0.4, -0.2) is 51.0 Å². The molecule has 0 spiro atoms. The van der Waals surface area contributed by atoms with Crippen molar-refractivity contribution in [3.63, 3.8) is 0 Å². The second-order valence-electron chi connectivity index (χ2n) is 5.32. The third-order valence-electron chi connectivity index (χ3n) is 3.50. The van der Waals surface area contributed by atoms with E-state index in [9.17, 15) is 24.6 Å². The highest BCUT2D eigenvalue weighted by molar-refractivity contribution is 8.14. The number of rotatable bonds is 6. The molecule has 1 aliphatic heterocycles. The van der Waals surface area contributed by atoms with Crippen LogP contribution in [-0.2, 0) is 16.0 Å². The number of phenols is 2. The number of nitrogens with zero attached hydrogens (tertiary/aromatic N) is 1. The fourth-order valence-corrected chi connectivity index (χ4v) is 2.96. The summed E-state index contributed by atoms with van der Waals surface area (Å²) in [5.41, 5.74) is 0.726. The molecule has 1 saturated heterocycles. The minimum absolute atomic E-state index is 0.160. The van der Waals surface area contributed by atoms with Crippen LogP contribution < -0.4 is 5.32 Å². The first-order valence-corrected chi connectivity index (χ1v) is 8.12. The molecule has 1 aromatic rings. The van der Waals surface area contributed by atoms with Crippen LogP contribution in [0.15, 0.2) is 18.2 Å². The molecule has 1 aliphatic rings. The van der Waals surface area contributed by atoms with Crippen molar-refractivity contribution in [2.24, 2.45) is 5.92 Å². The molecule has 1 heterocycles. The van der Waals surface area contributed by atoms with Crippen molar-refractivity contribution in [1.29, 1.82) is 0 Å². The molecule has 3 N–H and O–H groups in total. The van der Waals surface area contributed by atoms with E-state index < -0.39 is 0 Å². The highest BCUT2D eigenvalue weighted by Crippen LogP contribution is 2.26. The first-order valence-electron chi connectivity index (χ1n) is 7.14. The molecule has 0 radical (unpaired) electrons. The lowest BCUT2D eigenvalue weighted by atomic mass is 10.00. The molecular weight excluding hydrogens is 320 g/mol. The summed E-state index contributed by atoms with van der Waals surface area (Å²) >= 11 is 0.964. The van der Waals surface area contributed by atoms with Gasteiger partial charge in [0.1, 0.15) is 0 Å². The molecule has 124 valence electrons. The topological polar surface area (TPSA) is 107 Å². The van der Waals surface area contributed by atoms with Gasteiger partial charge in [-0.2, -0.15) is 0 Å². The van der Waals surface area contributed by atoms with E-state index in [1.807, 2.05) is 0 Å². The predicted octanol–water partition coefficient (Wildman–Crippen LogP) is 1.09. The molecule has 0 aliphatic carbocycles. The Morgan fingerprint density at radius 2 is 2.09 bits per heavy atom. The summed E-state index contributed by atoms with van der Waals surface area (Å²) in [6.45, 7) is 2.12. The molecule has 7 nitrogen and oxygen atoms in total. The number of phenolic OH excluding ortho intramolecular Hbond substituents is 2. The Bertz CT molecular complexity index is 618. The molecule has 0 saturated carbocycles. The van der Waals surface area contributed by atoms with E-state index in [-0.39, 0.29) is 53.3 Å².